The lowest BCUT2D eigenvalue weighted by Gasteiger charge is -2.23. The molecule has 1 N–H and O–H groups in total. The van der Waals surface area contributed by atoms with E-state index in [4.69, 9.17) is 4.74 Å². The standard InChI is InChI=1S/C16H25N3O.HI/c1-16(2)9-11-19(13-16)15(17-3)18-10-12-20-14-7-5-4-6-8-14;/h4-8H,9-13H2,1-3H3,(H,17,18);1H. The molecule has 0 bridgehead atoms. The number of nitrogens with one attached hydrogen (secondary N) is 1. The number of para-hydroxylation sites is 1. The highest BCUT2D eigenvalue weighted by atomic mass is 127. The summed E-state index contributed by atoms with van der Waals surface area (Å²) in [4.78, 5) is 6.68. The van der Waals surface area contributed by atoms with E-state index in [1.807, 2.05) is 37.4 Å². The molecule has 1 saturated heterocycles. The van der Waals surface area contributed by atoms with Crippen molar-refractivity contribution >= 4 is 29.9 Å². The summed E-state index contributed by atoms with van der Waals surface area (Å²) >= 11 is 0. The molecule has 1 aromatic carbocycles. The number of hydrogen-bond acceptors (Lipinski definition) is 2. The number of nitrogens with zero attached hydrogens (tertiary/aromatic N) is 2. The highest BCUT2D eigenvalue weighted by Gasteiger charge is 2.30. The molecule has 2 rings (SSSR count). The number of rotatable bonds is 4. The molecule has 0 aromatic heterocycles. The third kappa shape index (κ3) is 5.73. The van der Waals surface area contributed by atoms with E-state index >= 15 is 0 Å². The lowest BCUT2D eigenvalue weighted by Crippen LogP contribution is -2.42. The van der Waals surface area contributed by atoms with Crippen molar-refractivity contribution in [2.75, 3.05) is 33.3 Å². The molecule has 0 spiro atoms. The summed E-state index contributed by atoms with van der Waals surface area (Å²) in [5, 5.41) is 3.37. The summed E-state index contributed by atoms with van der Waals surface area (Å²) in [6.07, 6.45) is 1.22. The lowest BCUT2D eigenvalue weighted by atomic mass is 9.93. The SMILES string of the molecule is CN=C(NCCOc1ccccc1)N1CCC(C)(C)C1.I. The molecule has 5 heteroatoms. The molecule has 0 aliphatic carbocycles. The zero-order chi connectivity index (χ0) is 14.4. The fraction of sp³-hybridized carbons (Fsp3) is 0.562. The molecule has 0 amide bonds. The highest BCUT2D eigenvalue weighted by Crippen LogP contribution is 2.28. The number of benzene rings is 1. The first-order valence-electron chi connectivity index (χ1n) is 7.24. The molecule has 0 unspecified atom stereocenters. The Morgan fingerprint density at radius 1 is 1.33 bits per heavy atom. The quantitative estimate of drug-likeness (QED) is 0.364. The summed E-state index contributed by atoms with van der Waals surface area (Å²) in [6, 6.07) is 9.89. The Kier molecular flexibility index (Phi) is 7.28. The Hall–Kier alpha value is -0.980. The lowest BCUT2D eigenvalue weighted by molar-refractivity contribution is 0.317. The molecule has 0 saturated carbocycles. The van der Waals surface area contributed by atoms with Crippen molar-refractivity contribution in [1.82, 2.24) is 10.2 Å². The Bertz CT molecular complexity index is 448. The van der Waals surface area contributed by atoms with Gasteiger partial charge in [0.05, 0.1) is 6.54 Å². The van der Waals surface area contributed by atoms with Gasteiger partial charge in [-0.15, -0.1) is 24.0 Å². The average molecular weight is 403 g/mol. The molecule has 1 heterocycles. The predicted molar refractivity (Wildman–Crippen MR) is 98.7 cm³/mol. The molecule has 1 aliphatic rings. The molecular formula is C16H26IN3O. The van der Waals surface area contributed by atoms with Gasteiger partial charge in [-0.1, -0.05) is 32.0 Å². The van der Waals surface area contributed by atoms with Gasteiger partial charge in [0.25, 0.3) is 0 Å². The van der Waals surface area contributed by atoms with Crippen LogP contribution in [-0.2, 0) is 0 Å². The van der Waals surface area contributed by atoms with Crippen molar-refractivity contribution in [3.63, 3.8) is 0 Å². The van der Waals surface area contributed by atoms with Gasteiger partial charge in [0.2, 0.25) is 0 Å². The first-order chi connectivity index (χ1) is 9.61. The monoisotopic (exact) mass is 403 g/mol. The van der Waals surface area contributed by atoms with Crippen LogP contribution in [0.5, 0.6) is 5.75 Å². The van der Waals surface area contributed by atoms with Crippen molar-refractivity contribution in [2.24, 2.45) is 10.4 Å². The largest absolute Gasteiger partial charge is 0.492 e. The fourth-order valence-corrected chi connectivity index (χ4v) is 2.47. The van der Waals surface area contributed by atoms with Crippen LogP contribution < -0.4 is 10.1 Å². The van der Waals surface area contributed by atoms with Gasteiger partial charge in [-0.05, 0) is 24.0 Å². The van der Waals surface area contributed by atoms with Crippen LogP contribution in [0.3, 0.4) is 0 Å². The van der Waals surface area contributed by atoms with Crippen LogP contribution in [0.25, 0.3) is 0 Å². The minimum atomic E-state index is 0. The van der Waals surface area contributed by atoms with Crippen LogP contribution in [0, 0.1) is 5.41 Å². The maximum atomic E-state index is 5.67. The molecule has 0 atom stereocenters. The Balaban J connectivity index is 0.00000220. The number of likely N-dealkylation sites (tertiary alicyclic amines) is 1. The van der Waals surface area contributed by atoms with E-state index in [0.29, 0.717) is 12.0 Å². The van der Waals surface area contributed by atoms with E-state index < -0.39 is 0 Å². The summed E-state index contributed by atoms with van der Waals surface area (Å²) in [6.45, 7) is 8.15. The molecule has 4 nitrogen and oxygen atoms in total. The predicted octanol–water partition coefficient (Wildman–Crippen LogP) is 2.99. The molecule has 1 fully saturated rings. The smallest absolute Gasteiger partial charge is 0.193 e. The molecule has 118 valence electrons. The van der Waals surface area contributed by atoms with Gasteiger partial charge < -0.3 is 15.0 Å². The Labute approximate surface area is 145 Å². The first kappa shape index (κ1) is 18.1. The minimum absolute atomic E-state index is 0. The zero-order valence-corrected chi connectivity index (χ0v) is 15.5. The van der Waals surface area contributed by atoms with Gasteiger partial charge in [0.1, 0.15) is 12.4 Å². The van der Waals surface area contributed by atoms with Crippen LogP contribution in [0.15, 0.2) is 35.3 Å². The molecule has 1 aromatic rings. The van der Waals surface area contributed by atoms with Gasteiger partial charge in [-0.25, -0.2) is 0 Å². The second-order valence-electron chi connectivity index (χ2n) is 5.97. The van der Waals surface area contributed by atoms with E-state index in [2.05, 4.69) is 29.1 Å². The normalized spacial score (nSPS) is 17.3. The van der Waals surface area contributed by atoms with Crippen LogP contribution in [0.2, 0.25) is 0 Å². The summed E-state index contributed by atoms with van der Waals surface area (Å²) in [5.74, 6) is 1.89. The van der Waals surface area contributed by atoms with Gasteiger partial charge in [0.15, 0.2) is 5.96 Å². The summed E-state index contributed by atoms with van der Waals surface area (Å²) in [5.41, 5.74) is 0.387. The zero-order valence-electron chi connectivity index (χ0n) is 13.1. The topological polar surface area (TPSA) is 36.9 Å². The van der Waals surface area contributed by atoms with Gasteiger partial charge >= 0.3 is 0 Å². The van der Waals surface area contributed by atoms with Gasteiger partial charge in [0, 0.05) is 20.1 Å². The van der Waals surface area contributed by atoms with E-state index in [9.17, 15) is 0 Å². The third-order valence-electron chi connectivity index (χ3n) is 3.59. The van der Waals surface area contributed by atoms with Crippen LogP contribution in [0.4, 0.5) is 0 Å². The van der Waals surface area contributed by atoms with Crippen LogP contribution >= 0.6 is 24.0 Å². The van der Waals surface area contributed by atoms with E-state index in [0.717, 1.165) is 31.3 Å². The number of aliphatic imine (C=N–C) groups is 1. The first-order valence-corrected chi connectivity index (χ1v) is 7.24. The van der Waals surface area contributed by atoms with E-state index in [1.165, 1.54) is 6.42 Å². The number of ether oxygens (including phenoxy) is 1. The van der Waals surface area contributed by atoms with E-state index in [-0.39, 0.29) is 24.0 Å². The van der Waals surface area contributed by atoms with Crippen molar-refractivity contribution in [3.8, 4) is 5.75 Å². The molecular weight excluding hydrogens is 377 g/mol. The number of halogens is 1. The molecule has 21 heavy (non-hydrogen) atoms. The van der Waals surface area contributed by atoms with Gasteiger partial charge in [-0.2, -0.15) is 0 Å². The van der Waals surface area contributed by atoms with E-state index in [1.54, 1.807) is 0 Å². The summed E-state index contributed by atoms with van der Waals surface area (Å²) in [7, 11) is 1.84. The molecule has 1 aliphatic heterocycles. The van der Waals surface area contributed by atoms with Gasteiger partial charge in [-0.3, -0.25) is 4.99 Å². The maximum absolute atomic E-state index is 5.67. The van der Waals surface area contributed by atoms with Crippen molar-refractivity contribution in [1.29, 1.82) is 0 Å². The third-order valence-corrected chi connectivity index (χ3v) is 3.59. The van der Waals surface area contributed by atoms with Crippen LogP contribution in [0.1, 0.15) is 20.3 Å². The highest BCUT2D eigenvalue weighted by molar-refractivity contribution is 14.0. The average Bonchev–Trinajstić information content (AvgIpc) is 2.80. The number of guanidine groups is 1. The van der Waals surface area contributed by atoms with Crippen molar-refractivity contribution in [2.45, 2.75) is 20.3 Å². The second kappa shape index (κ2) is 8.46. The van der Waals surface area contributed by atoms with Crippen molar-refractivity contribution < 1.29 is 4.74 Å². The second-order valence-corrected chi connectivity index (χ2v) is 5.97. The van der Waals surface area contributed by atoms with Crippen molar-refractivity contribution in [3.05, 3.63) is 30.3 Å². The summed E-state index contributed by atoms with van der Waals surface area (Å²) < 4.78 is 5.67. The minimum Gasteiger partial charge on any atom is -0.492 e. The maximum Gasteiger partial charge on any atom is 0.193 e. The van der Waals surface area contributed by atoms with Crippen LogP contribution in [-0.4, -0.2) is 44.1 Å². The fourth-order valence-electron chi connectivity index (χ4n) is 2.47. The Morgan fingerprint density at radius 2 is 2.05 bits per heavy atom. The number of hydrogen-bond donors (Lipinski definition) is 1. The molecule has 0 radical (unpaired) electrons. The Morgan fingerprint density at radius 3 is 2.62 bits per heavy atom.